The second-order valence-corrected chi connectivity index (χ2v) is 9.93. The molecule has 1 atom stereocenters. The van der Waals surface area contributed by atoms with E-state index in [9.17, 15) is 14.4 Å². The summed E-state index contributed by atoms with van der Waals surface area (Å²) in [4.78, 5) is 41.4. The number of carbonyl (C=O) groups is 3. The van der Waals surface area contributed by atoms with Gasteiger partial charge >= 0.3 is 0 Å². The van der Waals surface area contributed by atoms with Crippen molar-refractivity contribution in [3.05, 3.63) is 76.7 Å². The van der Waals surface area contributed by atoms with Crippen molar-refractivity contribution in [2.24, 2.45) is 5.73 Å². The summed E-state index contributed by atoms with van der Waals surface area (Å²) in [5.41, 5.74) is 11.8. The van der Waals surface area contributed by atoms with Crippen LogP contribution < -0.4 is 21.7 Å². The molecule has 1 aliphatic carbocycles. The minimum absolute atomic E-state index is 0.0173. The number of benzene rings is 2. The first-order chi connectivity index (χ1) is 17.8. The normalized spacial score (nSPS) is 14.5. The van der Waals surface area contributed by atoms with Crippen LogP contribution in [0.2, 0.25) is 0 Å². The van der Waals surface area contributed by atoms with E-state index < -0.39 is 17.9 Å². The number of primary amides is 1. The third-order valence-corrected chi connectivity index (χ3v) is 7.49. The molecule has 10 heteroatoms. The fourth-order valence-electron chi connectivity index (χ4n) is 4.85. The van der Waals surface area contributed by atoms with Crippen LogP contribution in [0.3, 0.4) is 0 Å². The molecule has 9 nitrogen and oxygen atoms in total. The number of hydrogen-bond acceptors (Lipinski definition) is 7. The number of furan rings is 1. The highest BCUT2D eigenvalue weighted by atomic mass is 32.1. The second kappa shape index (κ2) is 10.1. The summed E-state index contributed by atoms with van der Waals surface area (Å²) in [6.07, 6.45) is 3.83. The van der Waals surface area contributed by atoms with Gasteiger partial charge in [-0.25, -0.2) is 0 Å². The molecule has 2 aromatic carbocycles. The van der Waals surface area contributed by atoms with Crippen molar-refractivity contribution >= 4 is 51.4 Å². The maximum Gasteiger partial charge on any atom is 0.273 e. The van der Waals surface area contributed by atoms with E-state index in [-0.39, 0.29) is 28.2 Å². The number of rotatable bonds is 7. The molecule has 4 aromatic rings. The maximum atomic E-state index is 14.3. The van der Waals surface area contributed by atoms with E-state index in [0.717, 1.165) is 48.0 Å². The fourth-order valence-corrected chi connectivity index (χ4v) is 5.59. The Bertz CT molecular complexity index is 1480. The second-order valence-electron chi connectivity index (χ2n) is 9.15. The van der Waals surface area contributed by atoms with Gasteiger partial charge in [0.15, 0.2) is 11.7 Å². The van der Waals surface area contributed by atoms with Gasteiger partial charge in [-0.1, -0.05) is 49.2 Å². The van der Waals surface area contributed by atoms with E-state index in [1.54, 1.807) is 25.1 Å². The predicted octanol–water partition coefficient (Wildman–Crippen LogP) is 4.33. The highest BCUT2D eigenvalue weighted by molar-refractivity contribution is 7.09. The molecule has 0 saturated heterocycles. The molecule has 37 heavy (non-hydrogen) atoms. The molecular weight excluding hydrogens is 490 g/mol. The zero-order valence-corrected chi connectivity index (χ0v) is 21.1. The molecule has 1 fully saturated rings. The van der Waals surface area contributed by atoms with E-state index in [1.165, 1.54) is 4.90 Å². The van der Waals surface area contributed by atoms with Gasteiger partial charge in [0.05, 0.1) is 11.4 Å². The zero-order chi connectivity index (χ0) is 26.1. The average molecular weight is 518 g/mol. The molecule has 190 valence electrons. The molecule has 5 N–H and O–H groups in total. The minimum Gasteiger partial charge on any atom is -0.464 e. The van der Waals surface area contributed by atoms with E-state index in [1.807, 2.05) is 36.4 Å². The van der Waals surface area contributed by atoms with Crippen molar-refractivity contribution in [2.45, 2.75) is 44.7 Å². The maximum absolute atomic E-state index is 14.3. The largest absolute Gasteiger partial charge is 0.464 e. The van der Waals surface area contributed by atoms with E-state index in [0.29, 0.717) is 17.2 Å². The topological polar surface area (TPSA) is 145 Å². The van der Waals surface area contributed by atoms with Gasteiger partial charge in [-0.05, 0) is 54.9 Å². The first kappa shape index (κ1) is 24.5. The van der Waals surface area contributed by atoms with Crippen LogP contribution in [-0.4, -0.2) is 28.1 Å². The molecule has 1 aliphatic rings. The van der Waals surface area contributed by atoms with Crippen LogP contribution in [0.4, 0.5) is 11.4 Å². The lowest BCUT2D eigenvalue weighted by molar-refractivity contribution is -0.123. The Balaban J connectivity index is 1.70. The molecule has 0 aliphatic heterocycles. The van der Waals surface area contributed by atoms with Crippen LogP contribution in [0.25, 0.3) is 10.8 Å². The average Bonchev–Trinajstić information content (AvgIpc) is 3.63. The fraction of sp³-hybridized carbons (Fsp3) is 0.259. The van der Waals surface area contributed by atoms with Gasteiger partial charge in [0, 0.05) is 11.4 Å². The third kappa shape index (κ3) is 4.67. The van der Waals surface area contributed by atoms with Gasteiger partial charge in [-0.3, -0.25) is 19.3 Å². The highest BCUT2D eigenvalue weighted by Gasteiger charge is 2.39. The summed E-state index contributed by atoms with van der Waals surface area (Å²) in [5.74, 6) is -0.860. The van der Waals surface area contributed by atoms with Gasteiger partial charge < -0.3 is 21.2 Å². The Labute approximate surface area is 217 Å². The summed E-state index contributed by atoms with van der Waals surface area (Å²) in [6.45, 7) is 1.78. The van der Waals surface area contributed by atoms with Crippen molar-refractivity contribution in [1.29, 1.82) is 0 Å². The van der Waals surface area contributed by atoms with Crippen molar-refractivity contribution in [3.8, 4) is 0 Å². The molecular formula is C27H27N5O4S. The molecule has 0 bridgehead atoms. The molecule has 1 unspecified atom stereocenters. The first-order valence-electron chi connectivity index (χ1n) is 12.1. The number of anilines is 2. The molecule has 0 spiro atoms. The standard InChI is InChI=1S/C27H27N5O4S/c1-15-13-14-20(36-15)23(26(34)30-17-9-3-4-10-17)32(19-12-6-8-16-7-2-5-11-18(16)19)27(35)24-21(28)22(25(29)33)31-37-24/h2,5-8,11-14,17,23H,3-4,9-10,28H2,1H3,(H2,29,33)(H,30,34). The Morgan fingerprint density at radius 3 is 2.49 bits per heavy atom. The number of nitrogens with two attached hydrogens (primary N) is 2. The molecule has 5 rings (SSSR count). The first-order valence-corrected chi connectivity index (χ1v) is 12.9. The third-order valence-electron chi connectivity index (χ3n) is 6.64. The number of aryl methyl sites for hydroxylation is 1. The molecule has 1 saturated carbocycles. The molecule has 3 amide bonds. The number of fused-ring (bicyclic) bond motifs is 1. The lowest BCUT2D eigenvalue weighted by Crippen LogP contribution is -2.46. The Kier molecular flexibility index (Phi) is 6.66. The number of nitrogens with zero attached hydrogens (tertiary/aromatic N) is 2. The van der Waals surface area contributed by atoms with Crippen LogP contribution >= 0.6 is 11.5 Å². The summed E-state index contributed by atoms with van der Waals surface area (Å²) in [7, 11) is 0. The Hall–Kier alpha value is -4.18. The van der Waals surface area contributed by atoms with E-state index >= 15 is 0 Å². The van der Waals surface area contributed by atoms with Crippen LogP contribution in [0.1, 0.15) is 63.4 Å². The summed E-state index contributed by atoms with van der Waals surface area (Å²) in [5, 5.41) is 4.77. The van der Waals surface area contributed by atoms with E-state index in [4.69, 9.17) is 15.9 Å². The number of amides is 3. The quantitative estimate of drug-likeness (QED) is 0.333. The van der Waals surface area contributed by atoms with Crippen molar-refractivity contribution in [2.75, 3.05) is 10.6 Å². The van der Waals surface area contributed by atoms with Gasteiger partial charge in [-0.15, -0.1) is 0 Å². The Morgan fingerprint density at radius 2 is 1.81 bits per heavy atom. The molecule has 2 heterocycles. The van der Waals surface area contributed by atoms with E-state index in [2.05, 4.69) is 9.69 Å². The van der Waals surface area contributed by atoms with Crippen molar-refractivity contribution in [1.82, 2.24) is 9.69 Å². The summed E-state index contributed by atoms with van der Waals surface area (Å²) in [6, 6.07) is 15.4. The van der Waals surface area contributed by atoms with Crippen LogP contribution in [0.15, 0.2) is 59.0 Å². The van der Waals surface area contributed by atoms with Crippen LogP contribution in [-0.2, 0) is 4.79 Å². The number of hydrogen-bond donors (Lipinski definition) is 3. The SMILES string of the molecule is Cc1ccc(C(C(=O)NC2CCCC2)N(C(=O)c2snc(C(N)=O)c2N)c2cccc3ccccc23)o1. The van der Waals surface area contributed by atoms with Crippen LogP contribution in [0.5, 0.6) is 0 Å². The highest BCUT2D eigenvalue weighted by Crippen LogP contribution is 2.37. The number of nitrogens with one attached hydrogen (secondary N) is 1. The lowest BCUT2D eigenvalue weighted by Gasteiger charge is -2.31. The van der Waals surface area contributed by atoms with Crippen LogP contribution in [0, 0.1) is 6.92 Å². The zero-order valence-electron chi connectivity index (χ0n) is 20.3. The minimum atomic E-state index is -1.13. The van der Waals surface area contributed by atoms with Gasteiger partial charge in [-0.2, -0.15) is 4.37 Å². The Morgan fingerprint density at radius 1 is 1.08 bits per heavy atom. The van der Waals surface area contributed by atoms with Crippen molar-refractivity contribution < 1.29 is 18.8 Å². The monoisotopic (exact) mass is 517 g/mol. The number of nitrogen functional groups attached to an aromatic ring is 1. The summed E-state index contributed by atoms with van der Waals surface area (Å²) < 4.78 is 9.94. The number of carbonyl (C=O) groups excluding carboxylic acids is 3. The molecule has 2 aromatic heterocycles. The van der Waals surface area contributed by atoms with Gasteiger partial charge in [0.2, 0.25) is 0 Å². The predicted molar refractivity (Wildman–Crippen MR) is 142 cm³/mol. The lowest BCUT2D eigenvalue weighted by atomic mass is 10.0. The van der Waals surface area contributed by atoms with Gasteiger partial charge in [0.1, 0.15) is 16.4 Å². The van der Waals surface area contributed by atoms with Gasteiger partial charge in [0.25, 0.3) is 17.7 Å². The molecule has 0 radical (unpaired) electrons. The number of aromatic nitrogens is 1. The summed E-state index contributed by atoms with van der Waals surface area (Å²) >= 11 is 0.774. The van der Waals surface area contributed by atoms with Crippen molar-refractivity contribution in [3.63, 3.8) is 0 Å². The smallest absolute Gasteiger partial charge is 0.273 e.